The number of rotatable bonds is 4. The predicted octanol–water partition coefficient (Wildman–Crippen LogP) is 2.97. The monoisotopic (exact) mass is 268 g/mol. The summed E-state index contributed by atoms with van der Waals surface area (Å²) in [5.74, 6) is -0.399. The molecule has 0 spiro atoms. The molecule has 1 unspecified atom stereocenters. The molecule has 1 aromatic carbocycles. The molecular formula is C13H14ClFN2O. The number of aryl methyl sites for hydroxylation is 1. The van der Waals surface area contributed by atoms with Crippen LogP contribution in [0.5, 0.6) is 0 Å². The first-order valence-electron chi connectivity index (χ1n) is 5.76. The van der Waals surface area contributed by atoms with Gasteiger partial charge in [0.2, 0.25) is 0 Å². The summed E-state index contributed by atoms with van der Waals surface area (Å²) in [6.07, 6.45) is 0.934. The molecule has 0 aliphatic heterocycles. The van der Waals surface area contributed by atoms with Gasteiger partial charge in [-0.1, -0.05) is 17.7 Å². The van der Waals surface area contributed by atoms with Crippen molar-refractivity contribution in [2.45, 2.75) is 26.0 Å². The Balaban J connectivity index is 2.24. The zero-order valence-corrected chi connectivity index (χ0v) is 10.7. The standard InChI is InChI=1S/C13H14ClFN2O/c1-2-17-12(6-7-16-17)13(18)8-9-10(14)4-3-5-11(9)15/h3-7,13,18H,2,8H2,1H3. The Labute approximate surface area is 110 Å². The Morgan fingerprint density at radius 1 is 1.44 bits per heavy atom. The maximum atomic E-state index is 13.6. The van der Waals surface area contributed by atoms with Crippen LogP contribution in [0.2, 0.25) is 5.02 Å². The van der Waals surface area contributed by atoms with Gasteiger partial charge in [-0.2, -0.15) is 5.10 Å². The van der Waals surface area contributed by atoms with Crippen LogP contribution in [0.4, 0.5) is 4.39 Å². The minimum absolute atomic E-state index is 0.136. The Morgan fingerprint density at radius 3 is 2.89 bits per heavy atom. The lowest BCUT2D eigenvalue weighted by atomic mass is 10.0. The predicted molar refractivity (Wildman–Crippen MR) is 68.0 cm³/mol. The van der Waals surface area contributed by atoms with E-state index < -0.39 is 11.9 Å². The zero-order chi connectivity index (χ0) is 13.1. The third-order valence-corrected chi connectivity index (χ3v) is 3.20. The number of nitrogens with zero attached hydrogens (tertiary/aromatic N) is 2. The molecule has 0 saturated carbocycles. The zero-order valence-electron chi connectivity index (χ0n) is 9.98. The van der Waals surface area contributed by atoms with E-state index in [0.717, 1.165) is 0 Å². The number of benzene rings is 1. The van der Waals surface area contributed by atoms with E-state index >= 15 is 0 Å². The highest BCUT2D eigenvalue weighted by atomic mass is 35.5. The normalized spacial score (nSPS) is 12.7. The topological polar surface area (TPSA) is 38.0 Å². The first-order chi connectivity index (χ1) is 8.63. The number of hydrogen-bond acceptors (Lipinski definition) is 2. The van der Waals surface area contributed by atoms with Gasteiger partial charge in [-0.15, -0.1) is 0 Å². The number of aromatic nitrogens is 2. The molecule has 0 bridgehead atoms. The molecular weight excluding hydrogens is 255 g/mol. The van der Waals surface area contributed by atoms with Gasteiger partial charge in [-0.3, -0.25) is 4.68 Å². The number of hydrogen-bond donors (Lipinski definition) is 1. The highest BCUT2D eigenvalue weighted by Crippen LogP contribution is 2.25. The van der Waals surface area contributed by atoms with Crippen LogP contribution in [0.15, 0.2) is 30.5 Å². The quantitative estimate of drug-likeness (QED) is 0.926. The van der Waals surface area contributed by atoms with Crippen LogP contribution in [-0.4, -0.2) is 14.9 Å². The van der Waals surface area contributed by atoms with Gasteiger partial charge in [0, 0.05) is 29.7 Å². The number of halogens is 2. The lowest BCUT2D eigenvalue weighted by Crippen LogP contribution is -2.11. The summed E-state index contributed by atoms with van der Waals surface area (Å²) in [7, 11) is 0. The van der Waals surface area contributed by atoms with Crippen LogP contribution >= 0.6 is 11.6 Å². The van der Waals surface area contributed by atoms with Crippen molar-refractivity contribution in [1.82, 2.24) is 9.78 Å². The molecule has 1 N–H and O–H groups in total. The minimum Gasteiger partial charge on any atom is -0.386 e. The van der Waals surface area contributed by atoms with Crippen LogP contribution in [-0.2, 0) is 13.0 Å². The number of aliphatic hydroxyl groups excluding tert-OH is 1. The van der Waals surface area contributed by atoms with E-state index in [0.29, 0.717) is 22.8 Å². The molecule has 18 heavy (non-hydrogen) atoms. The molecule has 0 amide bonds. The molecule has 5 heteroatoms. The van der Waals surface area contributed by atoms with Crippen LogP contribution < -0.4 is 0 Å². The van der Waals surface area contributed by atoms with Crippen molar-refractivity contribution < 1.29 is 9.50 Å². The maximum Gasteiger partial charge on any atom is 0.127 e. The Bertz CT molecular complexity index is 521. The van der Waals surface area contributed by atoms with Gasteiger partial charge in [0.15, 0.2) is 0 Å². The maximum absolute atomic E-state index is 13.6. The highest BCUT2D eigenvalue weighted by molar-refractivity contribution is 6.31. The van der Waals surface area contributed by atoms with Crippen molar-refractivity contribution >= 4 is 11.6 Å². The Kier molecular flexibility index (Phi) is 3.99. The summed E-state index contributed by atoms with van der Waals surface area (Å²) in [6.45, 7) is 2.59. The van der Waals surface area contributed by atoms with Gasteiger partial charge >= 0.3 is 0 Å². The molecule has 2 aromatic rings. The first kappa shape index (κ1) is 13.1. The fraction of sp³-hybridized carbons (Fsp3) is 0.308. The van der Waals surface area contributed by atoms with E-state index in [2.05, 4.69) is 5.10 Å². The van der Waals surface area contributed by atoms with E-state index in [1.165, 1.54) is 6.07 Å². The molecule has 0 fully saturated rings. The van der Waals surface area contributed by atoms with Gasteiger partial charge in [0.1, 0.15) is 5.82 Å². The molecule has 0 radical (unpaired) electrons. The summed E-state index contributed by atoms with van der Waals surface area (Å²) in [4.78, 5) is 0. The lowest BCUT2D eigenvalue weighted by Gasteiger charge is -2.13. The van der Waals surface area contributed by atoms with Crippen molar-refractivity contribution in [1.29, 1.82) is 0 Å². The molecule has 0 aliphatic rings. The van der Waals surface area contributed by atoms with Gasteiger partial charge in [0.05, 0.1) is 11.8 Å². The Hall–Kier alpha value is -1.39. The van der Waals surface area contributed by atoms with Crippen molar-refractivity contribution in [3.8, 4) is 0 Å². The second-order valence-electron chi connectivity index (χ2n) is 3.99. The van der Waals surface area contributed by atoms with E-state index in [1.54, 1.807) is 29.1 Å². The minimum atomic E-state index is -0.818. The summed E-state index contributed by atoms with van der Waals surface area (Å²) >= 11 is 5.94. The second-order valence-corrected chi connectivity index (χ2v) is 4.40. The molecule has 0 aliphatic carbocycles. The van der Waals surface area contributed by atoms with Gasteiger partial charge in [-0.25, -0.2) is 4.39 Å². The summed E-state index contributed by atoms with van der Waals surface area (Å²) in [5, 5.41) is 14.5. The summed E-state index contributed by atoms with van der Waals surface area (Å²) in [5.41, 5.74) is 0.993. The molecule has 0 saturated heterocycles. The lowest BCUT2D eigenvalue weighted by molar-refractivity contribution is 0.166. The molecule has 1 atom stereocenters. The average Bonchev–Trinajstić information content (AvgIpc) is 2.82. The smallest absolute Gasteiger partial charge is 0.127 e. The molecule has 1 aromatic heterocycles. The fourth-order valence-electron chi connectivity index (χ4n) is 1.92. The largest absolute Gasteiger partial charge is 0.386 e. The fourth-order valence-corrected chi connectivity index (χ4v) is 2.16. The van der Waals surface area contributed by atoms with E-state index in [9.17, 15) is 9.50 Å². The van der Waals surface area contributed by atoms with Crippen molar-refractivity contribution in [3.63, 3.8) is 0 Å². The van der Waals surface area contributed by atoms with Crippen LogP contribution in [0, 0.1) is 5.82 Å². The molecule has 96 valence electrons. The van der Waals surface area contributed by atoms with Crippen molar-refractivity contribution in [3.05, 3.63) is 52.6 Å². The van der Waals surface area contributed by atoms with Crippen LogP contribution in [0.3, 0.4) is 0 Å². The van der Waals surface area contributed by atoms with E-state index in [4.69, 9.17) is 11.6 Å². The average molecular weight is 269 g/mol. The second kappa shape index (κ2) is 5.50. The molecule has 1 heterocycles. The third kappa shape index (κ3) is 2.54. The Morgan fingerprint density at radius 2 is 2.22 bits per heavy atom. The van der Waals surface area contributed by atoms with Gasteiger partial charge < -0.3 is 5.11 Å². The van der Waals surface area contributed by atoms with Gasteiger partial charge in [-0.05, 0) is 25.1 Å². The molecule has 2 rings (SSSR count). The van der Waals surface area contributed by atoms with E-state index in [-0.39, 0.29) is 6.42 Å². The highest BCUT2D eigenvalue weighted by Gasteiger charge is 2.17. The summed E-state index contributed by atoms with van der Waals surface area (Å²) < 4.78 is 15.3. The van der Waals surface area contributed by atoms with E-state index in [1.807, 2.05) is 6.92 Å². The van der Waals surface area contributed by atoms with Crippen molar-refractivity contribution in [2.75, 3.05) is 0 Å². The van der Waals surface area contributed by atoms with Crippen LogP contribution in [0.1, 0.15) is 24.3 Å². The number of aliphatic hydroxyl groups is 1. The summed E-state index contributed by atoms with van der Waals surface area (Å²) in [6, 6.07) is 6.22. The SMILES string of the molecule is CCn1nccc1C(O)Cc1c(F)cccc1Cl. The van der Waals surface area contributed by atoms with Crippen molar-refractivity contribution in [2.24, 2.45) is 0 Å². The van der Waals surface area contributed by atoms with Crippen LogP contribution in [0.25, 0.3) is 0 Å². The molecule has 3 nitrogen and oxygen atoms in total. The first-order valence-corrected chi connectivity index (χ1v) is 6.14. The third-order valence-electron chi connectivity index (χ3n) is 2.85. The van der Waals surface area contributed by atoms with Gasteiger partial charge in [0.25, 0.3) is 0 Å².